The summed E-state index contributed by atoms with van der Waals surface area (Å²) in [5.74, 6) is 0.0319. The molecule has 0 radical (unpaired) electrons. The smallest absolute Gasteiger partial charge is 0.218 e. The number of ether oxygens (including phenoxy) is 2. The first-order chi connectivity index (χ1) is 7.66. The van der Waals surface area contributed by atoms with E-state index in [-0.39, 0.29) is 11.9 Å². The number of rotatable bonds is 8. The molecule has 0 unspecified atom stereocenters. The predicted octanol–water partition coefficient (Wildman–Crippen LogP) is -0.982. The average molecular weight is 231 g/mol. The molecule has 6 N–H and O–H groups in total. The van der Waals surface area contributed by atoms with Gasteiger partial charge in [0.15, 0.2) is 5.96 Å². The molecule has 0 spiro atoms. The minimum Gasteiger partial charge on any atom is -0.382 e. The third kappa shape index (κ3) is 10.7. The van der Waals surface area contributed by atoms with Crippen molar-refractivity contribution in [1.82, 2.24) is 0 Å². The van der Waals surface area contributed by atoms with E-state index in [1.54, 1.807) is 7.11 Å². The standard InChI is InChI=1S/C9H21N5O2/c1-15-6-7-16-5-3-2-4-13-9(12)14-8(10)11/h2-7H2,1H3,(H6,10,11,12,13,14). The number of aliphatic imine (C=N–C) groups is 2. The van der Waals surface area contributed by atoms with Gasteiger partial charge in [0.2, 0.25) is 5.96 Å². The Morgan fingerprint density at radius 2 is 1.81 bits per heavy atom. The Hall–Kier alpha value is -1.34. The Morgan fingerprint density at radius 1 is 1.06 bits per heavy atom. The van der Waals surface area contributed by atoms with Crippen LogP contribution in [-0.2, 0) is 9.47 Å². The molecule has 0 aromatic heterocycles. The van der Waals surface area contributed by atoms with Gasteiger partial charge in [-0.05, 0) is 12.8 Å². The zero-order valence-corrected chi connectivity index (χ0v) is 9.69. The first kappa shape index (κ1) is 14.7. The van der Waals surface area contributed by atoms with Crippen molar-refractivity contribution < 1.29 is 9.47 Å². The van der Waals surface area contributed by atoms with Crippen LogP contribution >= 0.6 is 0 Å². The molecule has 0 aliphatic rings. The van der Waals surface area contributed by atoms with Crippen LogP contribution in [0.3, 0.4) is 0 Å². The molecule has 0 fully saturated rings. The van der Waals surface area contributed by atoms with Gasteiger partial charge in [-0.15, -0.1) is 0 Å². The fourth-order valence-corrected chi connectivity index (χ4v) is 0.921. The van der Waals surface area contributed by atoms with Crippen molar-refractivity contribution in [2.75, 3.05) is 33.5 Å². The Labute approximate surface area is 95.7 Å². The highest BCUT2D eigenvalue weighted by Gasteiger charge is 1.91. The Morgan fingerprint density at radius 3 is 2.44 bits per heavy atom. The van der Waals surface area contributed by atoms with Gasteiger partial charge in [0.05, 0.1) is 13.2 Å². The summed E-state index contributed by atoms with van der Waals surface area (Å²) in [6.45, 7) is 2.53. The lowest BCUT2D eigenvalue weighted by Gasteiger charge is -2.02. The normalized spacial score (nSPS) is 11.4. The summed E-state index contributed by atoms with van der Waals surface area (Å²) in [5.41, 5.74) is 15.7. The SMILES string of the molecule is COCCOCCCCN=C(N)N=C(N)N. The monoisotopic (exact) mass is 231 g/mol. The highest BCUT2D eigenvalue weighted by Crippen LogP contribution is 1.91. The lowest BCUT2D eigenvalue weighted by atomic mass is 10.3. The molecule has 7 nitrogen and oxygen atoms in total. The van der Waals surface area contributed by atoms with Crippen LogP contribution in [-0.4, -0.2) is 45.4 Å². The molecular formula is C9H21N5O2. The van der Waals surface area contributed by atoms with Gasteiger partial charge in [-0.25, -0.2) is 0 Å². The van der Waals surface area contributed by atoms with Crippen LogP contribution in [0.2, 0.25) is 0 Å². The maximum Gasteiger partial charge on any atom is 0.218 e. The highest BCUT2D eigenvalue weighted by molar-refractivity contribution is 5.92. The van der Waals surface area contributed by atoms with Crippen LogP contribution in [0.15, 0.2) is 9.98 Å². The van der Waals surface area contributed by atoms with Gasteiger partial charge in [-0.2, -0.15) is 4.99 Å². The van der Waals surface area contributed by atoms with E-state index in [2.05, 4.69) is 9.98 Å². The minimum absolute atomic E-state index is 0.0795. The molecular weight excluding hydrogens is 210 g/mol. The van der Waals surface area contributed by atoms with E-state index in [1.165, 1.54) is 0 Å². The van der Waals surface area contributed by atoms with Crippen molar-refractivity contribution in [1.29, 1.82) is 0 Å². The number of nitrogens with zero attached hydrogens (tertiary/aromatic N) is 2. The molecule has 0 amide bonds. The van der Waals surface area contributed by atoms with Gasteiger partial charge in [-0.3, -0.25) is 4.99 Å². The van der Waals surface area contributed by atoms with Crippen LogP contribution in [0.1, 0.15) is 12.8 Å². The van der Waals surface area contributed by atoms with E-state index >= 15 is 0 Å². The minimum atomic E-state index is -0.0795. The molecule has 0 heterocycles. The van der Waals surface area contributed by atoms with Crippen LogP contribution in [0.5, 0.6) is 0 Å². The van der Waals surface area contributed by atoms with Gasteiger partial charge in [0.25, 0.3) is 0 Å². The van der Waals surface area contributed by atoms with Crippen LogP contribution < -0.4 is 17.2 Å². The fraction of sp³-hybridized carbons (Fsp3) is 0.778. The topological polar surface area (TPSA) is 121 Å². The first-order valence-corrected chi connectivity index (χ1v) is 5.13. The summed E-state index contributed by atoms with van der Waals surface area (Å²) in [4.78, 5) is 7.55. The Balaban J connectivity index is 3.36. The maximum atomic E-state index is 5.41. The maximum absolute atomic E-state index is 5.41. The number of nitrogens with two attached hydrogens (primary N) is 3. The van der Waals surface area contributed by atoms with E-state index < -0.39 is 0 Å². The van der Waals surface area contributed by atoms with Crippen molar-refractivity contribution in [3.63, 3.8) is 0 Å². The van der Waals surface area contributed by atoms with Gasteiger partial charge in [-0.1, -0.05) is 0 Å². The summed E-state index contributed by atoms with van der Waals surface area (Å²) >= 11 is 0. The lowest BCUT2D eigenvalue weighted by Crippen LogP contribution is -2.26. The van der Waals surface area contributed by atoms with Crippen molar-refractivity contribution in [2.45, 2.75) is 12.8 Å². The third-order valence-corrected chi connectivity index (χ3v) is 1.65. The summed E-state index contributed by atoms with van der Waals surface area (Å²) in [7, 11) is 1.64. The van der Waals surface area contributed by atoms with Crippen molar-refractivity contribution in [3.8, 4) is 0 Å². The highest BCUT2D eigenvalue weighted by atomic mass is 16.5. The zero-order valence-electron chi connectivity index (χ0n) is 9.69. The first-order valence-electron chi connectivity index (χ1n) is 5.13. The summed E-state index contributed by atoms with van der Waals surface area (Å²) < 4.78 is 10.1. The van der Waals surface area contributed by atoms with Gasteiger partial charge < -0.3 is 26.7 Å². The third-order valence-electron chi connectivity index (χ3n) is 1.65. The molecule has 7 heteroatoms. The number of hydrogen-bond donors (Lipinski definition) is 3. The molecule has 0 aliphatic heterocycles. The number of methoxy groups -OCH3 is 1. The largest absolute Gasteiger partial charge is 0.382 e. The van der Waals surface area contributed by atoms with Crippen molar-refractivity contribution in [3.05, 3.63) is 0 Å². The van der Waals surface area contributed by atoms with Crippen LogP contribution in [0.25, 0.3) is 0 Å². The molecule has 94 valence electrons. The second kappa shape index (κ2) is 10.2. The molecule has 16 heavy (non-hydrogen) atoms. The summed E-state index contributed by atoms with van der Waals surface area (Å²) in [6, 6.07) is 0. The van der Waals surface area contributed by atoms with Crippen molar-refractivity contribution in [2.24, 2.45) is 27.2 Å². The molecule has 0 aliphatic carbocycles. The van der Waals surface area contributed by atoms with E-state index in [9.17, 15) is 0 Å². The Bertz CT molecular complexity index is 226. The van der Waals surface area contributed by atoms with Gasteiger partial charge in [0.1, 0.15) is 0 Å². The second-order valence-electron chi connectivity index (χ2n) is 3.09. The Kier molecular flexibility index (Phi) is 9.33. The summed E-state index contributed by atoms with van der Waals surface area (Å²) in [5, 5.41) is 0. The molecule has 0 rings (SSSR count). The number of guanidine groups is 2. The quantitative estimate of drug-likeness (QED) is 0.281. The summed E-state index contributed by atoms with van der Waals surface area (Å²) in [6.07, 6.45) is 1.80. The zero-order chi connectivity index (χ0) is 12.2. The predicted molar refractivity (Wildman–Crippen MR) is 64.2 cm³/mol. The molecule has 0 bridgehead atoms. The van der Waals surface area contributed by atoms with Crippen LogP contribution in [0.4, 0.5) is 0 Å². The average Bonchev–Trinajstić information content (AvgIpc) is 2.21. The molecule has 0 aromatic carbocycles. The van der Waals surface area contributed by atoms with Gasteiger partial charge >= 0.3 is 0 Å². The fourth-order valence-electron chi connectivity index (χ4n) is 0.921. The van der Waals surface area contributed by atoms with E-state index in [0.29, 0.717) is 26.4 Å². The molecule has 0 atom stereocenters. The van der Waals surface area contributed by atoms with Gasteiger partial charge in [0, 0.05) is 20.3 Å². The molecule has 0 aromatic rings. The lowest BCUT2D eigenvalue weighted by molar-refractivity contribution is 0.0690. The number of unbranched alkanes of at least 4 members (excludes halogenated alkanes) is 1. The number of hydrogen-bond acceptors (Lipinski definition) is 3. The van der Waals surface area contributed by atoms with E-state index in [1.807, 2.05) is 0 Å². The van der Waals surface area contributed by atoms with Crippen LogP contribution in [0, 0.1) is 0 Å². The molecule has 0 saturated heterocycles. The van der Waals surface area contributed by atoms with E-state index in [4.69, 9.17) is 26.7 Å². The second-order valence-corrected chi connectivity index (χ2v) is 3.09. The van der Waals surface area contributed by atoms with E-state index in [0.717, 1.165) is 12.8 Å². The van der Waals surface area contributed by atoms with Crippen molar-refractivity contribution >= 4 is 11.9 Å². The molecule has 0 saturated carbocycles.